The molecule has 0 unspecified atom stereocenters. The first-order valence-electron chi connectivity index (χ1n) is 11.8. The van der Waals surface area contributed by atoms with Crippen molar-refractivity contribution in [2.75, 3.05) is 24.2 Å². The van der Waals surface area contributed by atoms with Crippen LogP contribution in [0.2, 0.25) is 0 Å². The van der Waals surface area contributed by atoms with Crippen LogP contribution in [0.5, 0.6) is 5.75 Å². The van der Waals surface area contributed by atoms with Crippen LogP contribution in [0.1, 0.15) is 45.2 Å². The van der Waals surface area contributed by atoms with Crippen molar-refractivity contribution in [2.24, 2.45) is 0 Å². The number of para-hydroxylation sites is 1. The maximum atomic E-state index is 13.6. The van der Waals surface area contributed by atoms with Gasteiger partial charge in [-0.3, -0.25) is 13.9 Å². The molecule has 8 nitrogen and oxygen atoms in total. The fourth-order valence-electron chi connectivity index (χ4n) is 3.62. The topological polar surface area (TPSA) is 96.0 Å². The van der Waals surface area contributed by atoms with E-state index in [0.29, 0.717) is 17.9 Å². The van der Waals surface area contributed by atoms with E-state index in [1.54, 1.807) is 38.3 Å². The lowest BCUT2D eigenvalue weighted by molar-refractivity contribution is -0.139. The lowest BCUT2D eigenvalue weighted by Gasteiger charge is -2.32. The minimum Gasteiger partial charge on any atom is -0.497 e. The highest BCUT2D eigenvalue weighted by atomic mass is 32.2. The van der Waals surface area contributed by atoms with Crippen molar-refractivity contribution in [3.63, 3.8) is 0 Å². The smallest absolute Gasteiger partial charge is 0.244 e. The molecule has 0 saturated carbocycles. The van der Waals surface area contributed by atoms with Gasteiger partial charge >= 0.3 is 0 Å². The number of nitrogens with one attached hydrogen (secondary N) is 1. The number of methoxy groups -OCH3 is 1. The van der Waals surface area contributed by atoms with Gasteiger partial charge in [0.1, 0.15) is 18.3 Å². The largest absolute Gasteiger partial charge is 0.497 e. The Labute approximate surface area is 209 Å². The first-order valence-corrected chi connectivity index (χ1v) is 13.6. The summed E-state index contributed by atoms with van der Waals surface area (Å²) in [6, 6.07) is 13.5. The van der Waals surface area contributed by atoms with E-state index in [2.05, 4.69) is 5.32 Å². The lowest BCUT2D eigenvalue weighted by atomic mass is 10.1. The molecule has 0 heterocycles. The molecule has 9 heteroatoms. The molecule has 2 aromatic carbocycles. The van der Waals surface area contributed by atoms with E-state index in [9.17, 15) is 18.0 Å². The average molecular weight is 504 g/mol. The Morgan fingerprint density at radius 2 is 1.66 bits per heavy atom. The third-order valence-electron chi connectivity index (χ3n) is 6.00. The van der Waals surface area contributed by atoms with Gasteiger partial charge in [0, 0.05) is 12.6 Å². The Morgan fingerprint density at radius 1 is 1.03 bits per heavy atom. The summed E-state index contributed by atoms with van der Waals surface area (Å²) >= 11 is 0. The number of aryl methyl sites for hydroxylation is 1. The molecule has 2 amide bonds. The van der Waals surface area contributed by atoms with Crippen LogP contribution in [0.3, 0.4) is 0 Å². The predicted molar refractivity (Wildman–Crippen MR) is 139 cm³/mol. The van der Waals surface area contributed by atoms with Crippen molar-refractivity contribution in [3.05, 3.63) is 59.7 Å². The molecule has 0 saturated heterocycles. The summed E-state index contributed by atoms with van der Waals surface area (Å²) in [6.45, 7) is 7.18. The summed E-state index contributed by atoms with van der Waals surface area (Å²) in [6.07, 6.45) is 2.44. The fourth-order valence-corrected chi connectivity index (χ4v) is 4.50. The van der Waals surface area contributed by atoms with E-state index in [1.807, 2.05) is 45.0 Å². The van der Waals surface area contributed by atoms with Gasteiger partial charge in [-0.25, -0.2) is 8.42 Å². The summed E-state index contributed by atoms with van der Waals surface area (Å²) in [5, 5.41) is 2.92. The molecule has 0 aromatic heterocycles. The summed E-state index contributed by atoms with van der Waals surface area (Å²) in [5.41, 5.74) is 2.07. The molecule has 2 rings (SSSR count). The maximum Gasteiger partial charge on any atom is 0.244 e. The highest BCUT2D eigenvalue weighted by Gasteiger charge is 2.31. The van der Waals surface area contributed by atoms with Crippen LogP contribution in [0.4, 0.5) is 5.69 Å². The van der Waals surface area contributed by atoms with E-state index < -0.39 is 28.5 Å². The summed E-state index contributed by atoms with van der Waals surface area (Å²) in [7, 11) is -2.19. The second-order valence-electron chi connectivity index (χ2n) is 8.62. The van der Waals surface area contributed by atoms with E-state index in [-0.39, 0.29) is 18.5 Å². The van der Waals surface area contributed by atoms with Crippen LogP contribution >= 0.6 is 0 Å². The van der Waals surface area contributed by atoms with Gasteiger partial charge in [-0.15, -0.1) is 0 Å². The van der Waals surface area contributed by atoms with Gasteiger partial charge in [-0.2, -0.15) is 0 Å². The van der Waals surface area contributed by atoms with Crippen molar-refractivity contribution >= 4 is 27.5 Å². The normalized spacial score (nSPS) is 13.0. The molecule has 0 spiro atoms. The van der Waals surface area contributed by atoms with Crippen LogP contribution < -0.4 is 14.4 Å². The van der Waals surface area contributed by atoms with Gasteiger partial charge in [0.25, 0.3) is 0 Å². The predicted octanol–water partition coefficient (Wildman–Crippen LogP) is 3.36. The number of hydrogen-bond donors (Lipinski definition) is 1. The zero-order valence-corrected chi connectivity index (χ0v) is 22.3. The first-order chi connectivity index (χ1) is 16.5. The zero-order chi connectivity index (χ0) is 26.2. The third kappa shape index (κ3) is 7.71. The third-order valence-corrected chi connectivity index (χ3v) is 7.13. The van der Waals surface area contributed by atoms with Crippen LogP contribution in [-0.4, -0.2) is 57.1 Å². The Kier molecular flexibility index (Phi) is 10.1. The summed E-state index contributed by atoms with van der Waals surface area (Å²) in [4.78, 5) is 28.0. The van der Waals surface area contributed by atoms with Gasteiger partial charge in [0.15, 0.2) is 0 Å². The minimum atomic E-state index is -3.76. The van der Waals surface area contributed by atoms with Gasteiger partial charge < -0.3 is 15.0 Å². The molecule has 0 aliphatic heterocycles. The fraction of sp³-hybridized carbons (Fsp3) is 0.462. The Balaban J connectivity index is 2.41. The Hall–Kier alpha value is -3.07. The highest BCUT2D eigenvalue weighted by Crippen LogP contribution is 2.24. The lowest BCUT2D eigenvalue weighted by Crippen LogP contribution is -2.52. The van der Waals surface area contributed by atoms with Gasteiger partial charge in [-0.1, -0.05) is 44.2 Å². The van der Waals surface area contributed by atoms with Crippen LogP contribution in [0, 0.1) is 0 Å². The van der Waals surface area contributed by atoms with Crippen molar-refractivity contribution in [1.82, 2.24) is 10.2 Å². The average Bonchev–Trinajstić information content (AvgIpc) is 2.84. The maximum absolute atomic E-state index is 13.6. The standard InChI is InChI=1S/C26H37N3O5S/c1-7-19(3)27-26(31)20(4)28(17-21-13-15-23(34-5)16-14-21)25(30)18-29(35(6,32)33)24-12-10-9-11-22(24)8-2/h9-16,19-20H,7-8,17-18H2,1-6H3,(H,27,31)/t19-,20+/m0/s1. The van der Waals surface area contributed by atoms with E-state index in [4.69, 9.17) is 4.74 Å². The number of amides is 2. The van der Waals surface area contributed by atoms with E-state index in [0.717, 1.165) is 28.1 Å². The number of benzene rings is 2. The second kappa shape index (κ2) is 12.6. The van der Waals surface area contributed by atoms with Crippen molar-refractivity contribution in [3.8, 4) is 5.75 Å². The Morgan fingerprint density at radius 3 is 2.20 bits per heavy atom. The quantitative estimate of drug-likeness (QED) is 0.479. The number of ether oxygens (including phenoxy) is 1. The van der Waals surface area contributed by atoms with Crippen LogP contribution in [-0.2, 0) is 32.6 Å². The molecule has 192 valence electrons. The van der Waals surface area contributed by atoms with Crippen molar-refractivity contribution in [1.29, 1.82) is 0 Å². The molecule has 2 aromatic rings. The minimum absolute atomic E-state index is 0.0492. The molecular weight excluding hydrogens is 466 g/mol. The molecule has 0 aliphatic rings. The molecule has 2 atom stereocenters. The SMILES string of the molecule is CCc1ccccc1N(CC(=O)N(Cc1ccc(OC)cc1)[C@H](C)C(=O)N[C@@H](C)CC)S(C)(=O)=O. The summed E-state index contributed by atoms with van der Waals surface area (Å²) in [5.74, 6) is -0.0846. The molecular formula is C26H37N3O5S. The number of sulfonamides is 1. The van der Waals surface area contributed by atoms with Gasteiger partial charge in [-0.05, 0) is 56.0 Å². The molecule has 1 N–H and O–H groups in total. The molecule has 0 bridgehead atoms. The van der Waals surface area contributed by atoms with Gasteiger partial charge in [0.05, 0.1) is 19.1 Å². The molecule has 35 heavy (non-hydrogen) atoms. The van der Waals surface area contributed by atoms with Crippen molar-refractivity contribution < 1.29 is 22.7 Å². The molecule has 0 aliphatic carbocycles. The second-order valence-corrected chi connectivity index (χ2v) is 10.5. The Bertz CT molecular complexity index is 1100. The zero-order valence-electron chi connectivity index (χ0n) is 21.4. The van der Waals surface area contributed by atoms with Crippen molar-refractivity contribution in [2.45, 2.75) is 59.2 Å². The number of anilines is 1. The number of carbonyl (C=O) groups is 2. The summed E-state index contributed by atoms with van der Waals surface area (Å²) < 4.78 is 31.8. The molecule has 0 fully saturated rings. The number of nitrogens with zero attached hydrogens (tertiary/aromatic N) is 2. The monoisotopic (exact) mass is 503 g/mol. The number of rotatable bonds is 12. The first kappa shape index (κ1) is 28.2. The highest BCUT2D eigenvalue weighted by molar-refractivity contribution is 7.92. The van der Waals surface area contributed by atoms with E-state index >= 15 is 0 Å². The van der Waals surface area contributed by atoms with Gasteiger partial charge in [0.2, 0.25) is 21.8 Å². The van der Waals surface area contributed by atoms with E-state index in [1.165, 1.54) is 4.90 Å². The number of carbonyl (C=O) groups excluding carboxylic acids is 2. The van der Waals surface area contributed by atoms with Crippen LogP contribution in [0.15, 0.2) is 48.5 Å². The van der Waals surface area contributed by atoms with Crippen LogP contribution in [0.25, 0.3) is 0 Å². The number of hydrogen-bond acceptors (Lipinski definition) is 5. The molecule has 0 radical (unpaired) electrons.